The average molecular weight is 343 g/mol. The largest absolute Gasteiger partial charge is 0.394 e. The van der Waals surface area contributed by atoms with E-state index >= 15 is 0 Å². The molecule has 0 aliphatic carbocycles. The molecule has 0 radical (unpaired) electrons. The van der Waals surface area contributed by atoms with Crippen molar-refractivity contribution in [3.05, 3.63) is 29.3 Å². The van der Waals surface area contributed by atoms with Gasteiger partial charge in [-0.25, -0.2) is 4.79 Å². The summed E-state index contributed by atoms with van der Waals surface area (Å²) in [6.45, 7) is 4.52. The number of nitrogens with zero attached hydrogens (tertiary/aromatic N) is 1. The number of hydrogen-bond donors (Lipinski definition) is 2. The van der Waals surface area contributed by atoms with Crippen LogP contribution in [0.5, 0.6) is 0 Å². The average Bonchev–Trinajstić information content (AvgIpc) is 2.75. The first-order valence-corrected chi connectivity index (χ1v) is 7.50. The van der Waals surface area contributed by atoms with E-state index in [1.807, 2.05) is 0 Å². The lowest BCUT2D eigenvalue weighted by atomic mass is 9.88. The first-order valence-electron chi connectivity index (χ1n) is 7.50. The first-order chi connectivity index (χ1) is 10.9. The number of carbonyl (C=O) groups excluding carboxylic acids is 2. The van der Waals surface area contributed by atoms with E-state index in [2.05, 4.69) is 5.32 Å². The highest BCUT2D eigenvalue weighted by molar-refractivity contribution is 5.97. The molecule has 8 heteroatoms. The van der Waals surface area contributed by atoms with Gasteiger partial charge in [0.05, 0.1) is 11.5 Å². The highest BCUT2D eigenvalue weighted by Crippen LogP contribution is 2.44. The number of benzene rings is 1. The van der Waals surface area contributed by atoms with Crippen LogP contribution < -0.4 is 11.1 Å². The zero-order chi connectivity index (χ0) is 18.3. The van der Waals surface area contributed by atoms with E-state index in [-0.39, 0.29) is 18.5 Å². The van der Waals surface area contributed by atoms with Crippen molar-refractivity contribution in [2.75, 3.05) is 11.9 Å². The van der Waals surface area contributed by atoms with E-state index < -0.39 is 29.6 Å². The van der Waals surface area contributed by atoms with Crippen LogP contribution in [0.15, 0.2) is 18.2 Å². The van der Waals surface area contributed by atoms with E-state index in [4.69, 9.17) is 5.73 Å². The van der Waals surface area contributed by atoms with E-state index in [9.17, 15) is 22.8 Å². The molecule has 1 aliphatic rings. The van der Waals surface area contributed by atoms with E-state index in [0.29, 0.717) is 11.3 Å². The van der Waals surface area contributed by atoms with E-state index in [1.54, 1.807) is 19.1 Å². The number of halogens is 3. The molecular weight excluding hydrogens is 323 g/mol. The summed E-state index contributed by atoms with van der Waals surface area (Å²) in [6, 6.07) is 3.97. The van der Waals surface area contributed by atoms with Gasteiger partial charge < -0.3 is 16.0 Å². The fraction of sp³-hybridized carbons (Fsp3) is 0.500. The molecule has 0 unspecified atom stereocenters. The highest BCUT2D eigenvalue weighted by atomic mass is 19.4. The molecule has 1 heterocycles. The number of likely N-dealkylation sites (tertiary alicyclic amines) is 1. The Hall–Kier alpha value is -2.25. The number of nitrogens with two attached hydrogens (primary N) is 1. The van der Waals surface area contributed by atoms with Crippen molar-refractivity contribution in [3.63, 3.8) is 0 Å². The molecule has 0 aromatic heterocycles. The van der Waals surface area contributed by atoms with Crippen LogP contribution in [0.4, 0.5) is 23.7 Å². The molecular formula is C16H20F3N3O2. The van der Waals surface area contributed by atoms with Crippen LogP contribution in [-0.4, -0.2) is 35.1 Å². The Morgan fingerprint density at radius 3 is 2.46 bits per heavy atom. The smallest absolute Gasteiger partial charge is 0.366 e. The number of alkyl halides is 3. The monoisotopic (exact) mass is 343 g/mol. The van der Waals surface area contributed by atoms with Crippen molar-refractivity contribution in [2.45, 2.75) is 38.9 Å². The van der Waals surface area contributed by atoms with Gasteiger partial charge in [-0.15, -0.1) is 0 Å². The summed E-state index contributed by atoms with van der Waals surface area (Å²) in [6.07, 6.45) is -4.49. The lowest BCUT2D eigenvalue weighted by Gasteiger charge is -2.36. The summed E-state index contributed by atoms with van der Waals surface area (Å²) in [7, 11) is 0. The van der Waals surface area contributed by atoms with E-state index in [0.717, 1.165) is 0 Å². The molecule has 1 fully saturated rings. The Balaban J connectivity index is 2.19. The molecule has 1 aliphatic heterocycles. The summed E-state index contributed by atoms with van der Waals surface area (Å²) in [5.41, 5.74) is 5.13. The molecule has 1 aromatic rings. The molecule has 5 nitrogen and oxygen atoms in total. The molecule has 0 saturated carbocycles. The van der Waals surface area contributed by atoms with E-state index in [1.165, 1.54) is 24.8 Å². The quantitative estimate of drug-likeness (QED) is 0.864. The van der Waals surface area contributed by atoms with Gasteiger partial charge in [-0.05, 0) is 44.9 Å². The Morgan fingerprint density at radius 1 is 1.33 bits per heavy atom. The molecule has 1 atom stereocenters. The van der Waals surface area contributed by atoms with Crippen molar-refractivity contribution < 1.29 is 22.8 Å². The number of aryl methyl sites for hydroxylation is 1. The number of rotatable bonds is 2. The second-order valence-electron chi connectivity index (χ2n) is 6.51. The third-order valence-electron chi connectivity index (χ3n) is 4.58. The highest BCUT2D eigenvalue weighted by Gasteiger charge is 2.56. The fourth-order valence-corrected chi connectivity index (χ4v) is 3.17. The van der Waals surface area contributed by atoms with Crippen LogP contribution in [0.25, 0.3) is 0 Å². The van der Waals surface area contributed by atoms with Gasteiger partial charge in [-0.2, -0.15) is 13.2 Å². The molecule has 132 valence electrons. The number of urea groups is 1. The molecule has 24 heavy (non-hydrogen) atoms. The Labute approximate surface area is 138 Å². The lowest BCUT2D eigenvalue weighted by molar-refractivity contribution is -0.189. The first kappa shape index (κ1) is 18.1. The molecule has 0 bridgehead atoms. The van der Waals surface area contributed by atoms with Crippen LogP contribution in [0, 0.1) is 12.8 Å². The minimum absolute atomic E-state index is 0.0115. The van der Waals surface area contributed by atoms with Crippen LogP contribution in [0.3, 0.4) is 0 Å². The summed E-state index contributed by atoms with van der Waals surface area (Å²) >= 11 is 0. The Bertz CT molecular complexity index is 671. The third kappa shape index (κ3) is 3.32. The van der Waals surface area contributed by atoms with Crippen molar-refractivity contribution in [3.8, 4) is 0 Å². The molecule has 1 saturated heterocycles. The van der Waals surface area contributed by atoms with Gasteiger partial charge in [0.1, 0.15) is 0 Å². The number of primary amides is 1. The summed E-state index contributed by atoms with van der Waals surface area (Å²) < 4.78 is 39.3. The molecule has 2 rings (SSSR count). The minimum atomic E-state index is -4.36. The Morgan fingerprint density at radius 2 is 1.96 bits per heavy atom. The van der Waals surface area contributed by atoms with Gasteiger partial charge in [0.25, 0.3) is 0 Å². The van der Waals surface area contributed by atoms with Crippen molar-refractivity contribution in [2.24, 2.45) is 11.7 Å². The molecule has 1 aromatic carbocycles. The normalized spacial score (nSPS) is 20.1. The number of hydrogen-bond acceptors (Lipinski definition) is 2. The van der Waals surface area contributed by atoms with Gasteiger partial charge in [0.2, 0.25) is 5.91 Å². The Kier molecular flexibility index (Phi) is 4.52. The number of amides is 3. The van der Waals surface area contributed by atoms with Gasteiger partial charge in [-0.3, -0.25) is 4.79 Å². The van der Waals surface area contributed by atoms with Gasteiger partial charge >= 0.3 is 12.2 Å². The topological polar surface area (TPSA) is 75.4 Å². The molecule has 3 amide bonds. The van der Waals surface area contributed by atoms with Gasteiger partial charge in [0.15, 0.2) is 0 Å². The summed E-state index contributed by atoms with van der Waals surface area (Å²) in [5.74, 6) is -2.21. The van der Waals surface area contributed by atoms with Crippen LogP contribution in [0.1, 0.15) is 36.2 Å². The second kappa shape index (κ2) is 5.99. The number of carbonyl (C=O) groups is 2. The standard InChI is InChI=1S/C16H20F3N3O2/c1-9-4-5-10(8-11(9)13(20)23)21-14(24)22-7-6-12(15(22,2)3)16(17,18)19/h4-5,8,12H,6-7H2,1-3H3,(H2,20,23)(H,21,24)/t12-/m0/s1. The van der Waals surface area contributed by atoms with Crippen molar-refractivity contribution in [1.29, 1.82) is 0 Å². The second-order valence-corrected chi connectivity index (χ2v) is 6.51. The fourth-order valence-electron chi connectivity index (χ4n) is 3.17. The maximum atomic E-state index is 13.1. The third-order valence-corrected chi connectivity index (χ3v) is 4.58. The van der Waals surface area contributed by atoms with Gasteiger partial charge in [0, 0.05) is 17.8 Å². The molecule has 0 spiro atoms. The molecule has 3 N–H and O–H groups in total. The maximum Gasteiger partial charge on any atom is 0.394 e. The summed E-state index contributed by atoms with van der Waals surface area (Å²) in [5, 5.41) is 2.55. The van der Waals surface area contributed by atoms with Crippen molar-refractivity contribution >= 4 is 17.6 Å². The SMILES string of the molecule is Cc1ccc(NC(=O)N2CC[C@H](C(F)(F)F)C2(C)C)cc1C(N)=O. The van der Waals surface area contributed by atoms with Crippen molar-refractivity contribution in [1.82, 2.24) is 4.90 Å². The van der Waals surface area contributed by atoms with Crippen LogP contribution in [-0.2, 0) is 0 Å². The predicted octanol–water partition coefficient (Wildman–Crippen LogP) is 3.29. The van der Waals surface area contributed by atoms with Gasteiger partial charge in [-0.1, -0.05) is 6.07 Å². The summed E-state index contributed by atoms with van der Waals surface area (Å²) in [4.78, 5) is 24.9. The lowest BCUT2D eigenvalue weighted by Crippen LogP contribution is -2.51. The predicted molar refractivity (Wildman–Crippen MR) is 83.7 cm³/mol. The van der Waals surface area contributed by atoms with Crippen LogP contribution in [0.2, 0.25) is 0 Å². The minimum Gasteiger partial charge on any atom is -0.366 e. The van der Waals surface area contributed by atoms with Crippen LogP contribution >= 0.6 is 0 Å². The number of anilines is 1. The number of nitrogens with one attached hydrogen (secondary N) is 1. The zero-order valence-corrected chi connectivity index (χ0v) is 13.7. The zero-order valence-electron chi connectivity index (χ0n) is 13.7. The maximum absolute atomic E-state index is 13.1.